The lowest BCUT2D eigenvalue weighted by molar-refractivity contribution is -0.124. The second-order valence-corrected chi connectivity index (χ2v) is 9.76. The average Bonchev–Trinajstić information content (AvgIpc) is 3.14. The van der Waals surface area contributed by atoms with E-state index in [4.69, 9.17) is 9.73 Å². The summed E-state index contributed by atoms with van der Waals surface area (Å²) in [6.45, 7) is 2.26. The summed E-state index contributed by atoms with van der Waals surface area (Å²) in [5.41, 5.74) is 1.89. The molecule has 168 valence electrons. The van der Waals surface area contributed by atoms with Crippen molar-refractivity contribution >= 4 is 45.4 Å². The predicted molar refractivity (Wildman–Crippen MR) is 138 cm³/mol. The summed E-state index contributed by atoms with van der Waals surface area (Å²) in [6, 6.07) is 22.3. The van der Waals surface area contributed by atoms with E-state index in [2.05, 4.69) is 19.1 Å². The summed E-state index contributed by atoms with van der Waals surface area (Å²) < 4.78 is 5.55. The molecule has 33 heavy (non-hydrogen) atoms. The van der Waals surface area contributed by atoms with E-state index in [1.165, 1.54) is 18.2 Å². The molecule has 1 saturated heterocycles. The Morgan fingerprint density at radius 1 is 0.970 bits per heavy atom. The van der Waals surface area contributed by atoms with Crippen molar-refractivity contribution in [3.05, 3.63) is 77.2 Å². The molecule has 2 atom stereocenters. The smallest absolute Gasteiger partial charge is 0.267 e. The second kappa shape index (κ2) is 9.44. The van der Waals surface area contributed by atoms with E-state index in [9.17, 15) is 4.79 Å². The number of nitrogens with zero attached hydrogens (tertiary/aromatic N) is 2. The molecule has 2 aliphatic rings. The van der Waals surface area contributed by atoms with Crippen LogP contribution in [0.15, 0.2) is 76.6 Å². The molecule has 0 N–H and O–H groups in total. The predicted octanol–water partition coefficient (Wildman–Crippen LogP) is 7.03. The van der Waals surface area contributed by atoms with E-state index >= 15 is 0 Å². The highest BCUT2D eigenvalue weighted by Crippen LogP contribution is 2.41. The molecule has 0 unspecified atom stereocenters. The van der Waals surface area contributed by atoms with Crippen LogP contribution in [-0.2, 0) is 4.79 Å². The monoisotopic (exact) mass is 456 g/mol. The Hall–Kier alpha value is -3.05. The highest BCUT2D eigenvalue weighted by atomic mass is 32.2. The highest BCUT2D eigenvalue weighted by molar-refractivity contribution is 8.18. The van der Waals surface area contributed by atoms with Gasteiger partial charge in [0.1, 0.15) is 5.75 Å². The molecular weight excluding hydrogens is 428 g/mol. The van der Waals surface area contributed by atoms with E-state index in [1.54, 1.807) is 7.11 Å². The van der Waals surface area contributed by atoms with Gasteiger partial charge in [-0.2, -0.15) is 0 Å². The van der Waals surface area contributed by atoms with Crippen LogP contribution < -0.4 is 4.74 Å². The van der Waals surface area contributed by atoms with E-state index < -0.39 is 0 Å². The molecular formula is C28H28N2O2S. The SMILES string of the molecule is COc1ccc(/C=C2\SC(=Nc3ccccc3)N([C@H]3CCCC[C@@H]3C)C2=O)c2ccccc12. The lowest BCUT2D eigenvalue weighted by Gasteiger charge is -2.35. The summed E-state index contributed by atoms with van der Waals surface area (Å²) in [5, 5.41) is 2.90. The number of ether oxygens (including phenoxy) is 1. The van der Waals surface area contributed by atoms with Crippen molar-refractivity contribution in [2.75, 3.05) is 7.11 Å². The van der Waals surface area contributed by atoms with Crippen molar-refractivity contribution in [2.45, 2.75) is 38.6 Å². The number of fused-ring (bicyclic) bond motifs is 1. The van der Waals surface area contributed by atoms with Crippen molar-refractivity contribution in [1.82, 2.24) is 4.90 Å². The van der Waals surface area contributed by atoms with Gasteiger partial charge in [-0.15, -0.1) is 0 Å². The summed E-state index contributed by atoms with van der Waals surface area (Å²) in [4.78, 5) is 21.3. The van der Waals surface area contributed by atoms with Crippen LogP contribution in [0.25, 0.3) is 16.8 Å². The Labute approximate surface area is 199 Å². The van der Waals surface area contributed by atoms with E-state index in [-0.39, 0.29) is 11.9 Å². The number of carbonyl (C=O) groups excluding carboxylic acids is 1. The minimum Gasteiger partial charge on any atom is -0.496 e. The normalized spacial score (nSPS) is 23.6. The number of aliphatic imine (C=N–C) groups is 1. The van der Waals surface area contributed by atoms with Crippen LogP contribution in [0.5, 0.6) is 5.75 Å². The number of hydrogen-bond acceptors (Lipinski definition) is 4. The molecule has 1 saturated carbocycles. The van der Waals surface area contributed by atoms with Crippen molar-refractivity contribution in [3.63, 3.8) is 0 Å². The zero-order valence-corrected chi connectivity index (χ0v) is 19.8. The van der Waals surface area contributed by atoms with Gasteiger partial charge in [-0.1, -0.05) is 68.3 Å². The Bertz CT molecular complexity index is 1240. The van der Waals surface area contributed by atoms with E-state index in [0.29, 0.717) is 5.92 Å². The number of amidine groups is 1. The molecule has 5 rings (SSSR count). The molecule has 1 amide bonds. The van der Waals surface area contributed by atoms with Crippen LogP contribution in [0.3, 0.4) is 0 Å². The molecule has 0 aromatic heterocycles. The second-order valence-electron chi connectivity index (χ2n) is 8.75. The molecule has 4 nitrogen and oxygen atoms in total. The summed E-state index contributed by atoms with van der Waals surface area (Å²) >= 11 is 1.49. The Morgan fingerprint density at radius 2 is 1.70 bits per heavy atom. The molecule has 2 fully saturated rings. The zero-order valence-electron chi connectivity index (χ0n) is 19.0. The van der Waals surface area contributed by atoms with Crippen molar-refractivity contribution in [3.8, 4) is 5.75 Å². The fourth-order valence-electron chi connectivity index (χ4n) is 4.89. The largest absolute Gasteiger partial charge is 0.496 e. The molecule has 0 radical (unpaired) electrons. The first-order valence-corrected chi connectivity index (χ1v) is 12.4. The van der Waals surface area contributed by atoms with Gasteiger partial charge >= 0.3 is 0 Å². The first kappa shape index (κ1) is 21.8. The number of hydrogen-bond donors (Lipinski definition) is 0. The molecule has 1 heterocycles. The standard InChI is InChI=1S/C28H28N2O2S/c1-19-10-6-9-15-24(19)30-27(31)26(33-28(30)29-21-11-4-3-5-12-21)18-20-16-17-25(32-2)23-14-8-7-13-22(20)23/h3-5,7-8,11-14,16-19,24H,6,9-10,15H2,1-2H3/b26-18-,29-28?/t19-,24-/m0/s1. The molecule has 1 aliphatic heterocycles. The number of amides is 1. The minimum absolute atomic E-state index is 0.0633. The fraction of sp³-hybridized carbons (Fsp3) is 0.286. The number of para-hydroxylation sites is 1. The minimum atomic E-state index is 0.0633. The number of methoxy groups -OCH3 is 1. The van der Waals surface area contributed by atoms with Gasteiger partial charge in [0.25, 0.3) is 5.91 Å². The first-order valence-electron chi connectivity index (χ1n) is 11.6. The summed E-state index contributed by atoms with van der Waals surface area (Å²) in [5.74, 6) is 1.36. The molecule has 3 aromatic carbocycles. The van der Waals surface area contributed by atoms with Gasteiger partial charge in [0.05, 0.1) is 17.7 Å². The maximum atomic E-state index is 13.7. The lowest BCUT2D eigenvalue weighted by Crippen LogP contribution is -2.44. The van der Waals surface area contributed by atoms with Crippen LogP contribution in [0.2, 0.25) is 0 Å². The van der Waals surface area contributed by atoms with Crippen LogP contribution >= 0.6 is 11.8 Å². The number of thioether (sulfide) groups is 1. The maximum absolute atomic E-state index is 13.7. The Morgan fingerprint density at radius 3 is 2.45 bits per heavy atom. The van der Waals surface area contributed by atoms with E-state index in [0.717, 1.165) is 57.1 Å². The number of rotatable bonds is 4. The topological polar surface area (TPSA) is 41.9 Å². The van der Waals surface area contributed by atoms with Gasteiger partial charge in [-0.05, 0) is 65.7 Å². The zero-order chi connectivity index (χ0) is 22.8. The summed E-state index contributed by atoms with van der Waals surface area (Å²) in [7, 11) is 1.69. The van der Waals surface area contributed by atoms with Crippen LogP contribution in [-0.4, -0.2) is 29.1 Å². The van der Waals surface area contributed by atoms with Gasteiger partial charge in [-0.25, -0.2) is 4.99 Å². The van der Waals surface area contributed by atoms with Gasteiger partial charge in [0.15, 0.2) is 5.17 Å². The van der Waals surface area contributed by atoms with Gasteiger partial charge in [-0.3, -0.25) is 9.69 Å². The third-order valence-corrected chi connectivity index (χ3v) is 7.62. The van der Waals surface area contributed by atoms with Crippen LogP contribution in [0.1, 0.15) is 38.2 Å². The molecule has 5 heteroatoms. The van der Waals surface area contributed by atoms with Crippen LogP contribution in [0.4, 0.5) is 5.69 Å². The highest BCUT2D eigenvalue weighted by Gasteiger charge is 2.41. The van der Waals surface area contributed by atoms with E-state index in [1.807, 2.05) is 65.6 Å². The fourth-order valence-corrected chi connectivity index (χ4v) is 5.93. The molecule has 0 bridgehead atoms. The number of benzene rings is 3. The lowest BCUT2D eigenvalue weighted by atomic mass is 9.85. The maximum Gasteiger partial charge on any atom is 0.267 e. The quantitative estimate of drug-likeness (QED) is 0.396. The van der Waals surface area contributed by atoms with Gasteiger partial charge in [0, 0.05) is 11.4 Å². The Balaban J connectivity index is 1.58. The van der Waals surface area contributed by atoms with Gasteiger partial charge in [0.2, 0.25) is 0 Å². The van der Waals surface area contributed by atoms with Crippen LogP contribution in [0, 0.1) is 5.92 Å². The molecule has 1 aliphatic carbocycles. The third kappa shape index (κ3) is 4.30. The first-order chi connectivity index (χ1) is 16.2. The third-order valence-electron chi connectivity index (χ3n) is 6.64. The van der Waals surface area contributed by atoms with Crippen molar-refractivity contribution in [1.29, 1.82) is 0 Å². The Kier molecular flexibility index (Phi) is 6.23. The van der Waals surface area contributed by atoms with Crippen molar-refractivity contribution in [2.24, 2.45) is 10.9 Å². The van der Waals surface area contributed by atoms with Crippen molar-refractivity contribution < 1.29 is 9.53 Å². The van der Waals surface area contributed by atoms with Gasteiger partial charge < -0.3 is 4.74 Å². The summed E-state index contributed by atoms with van der Waals surface area (Å²) in [6.07, 6.45) is 6.59. The number of carbonyl (C=O) groups is 1. The average molecular weight is 457 g/mol. The molecule has 3 aromatic rings. The molecule has 0 spiro atoms.